The summed E-state index contributed by atoms with van der Waals surface area (Å²) in [6, 6.07) is 30.7. The molecule has 0 radical (unpaired) electrons. The van der Waals surface area contributed by atoms with Crippen molar-refractivity contribution in [1.82, 2.24) is 10.2 Å². The van der Waals surface area contributed by atoms with Crippen LogP contribution < -0.4 is 9.64 Å². The van der Waals surface area contributed by atoms with E-state index in [1.54, 1.807) is 30.3 Å². The number of aryl methyl sites for hydroxylation is 1. The van der Waals surface area contributed by atoms with Crippen LogP contribution in [0.5, 0.6) is 5.75 Å². The number of hydrogen-bond acceptors (Lipinski definition) is 8. The number of ketones is 1. The van der Waals surface area contributed by atoms with E-state index in [1.807, 2.05) is 79.7 Å². The zero-order chi connectivity index (χ0) is 30.6. The van der Waals surface area contributed by atoms with E-state index >= 15 is 0 Å². The molecule has 0 saturated carbocycles. The molecule has 1 aromatic heterocycles. The van der Waals surface area contributed by atoms with Gasteiger partial charge in [-0.25, -0.2) is 0 Å². The Balaban J connectivity index is 1.36. The second-order valence-corrected chi connectivity index (χ2v) is 12.8. The molecule has 2 heterocycles. The fourth-order valence-electron chi connectivity index (χ4n) is 4.81. The molecule has 6 rings (SSSR count). The van der Waals surface area contributed by atoms with E-state index in [1.165, 1.54) is 28.0 Å². The van der Waals surface area contributed by atoms with Crippen LogP contribution in [0.1, 0.15) is 33.9 Å². The summed E-state index contributed by atoms with van der Waals surface area (Å²) in [4.78, 5) is 28.5. The minimum Gasteiger partial charge on any atom is -0.507 e. The summed E-state index contributed by atoms with van der Waals surface area (Å²) in [5, 5.41) is 21.0. The van der Waals surface area contributed by atoms with Gasteiger partial charge in [-0.2, -0.15) is 0 Å². The first-order valence-electron chi connectivity index (χ1n) is 13.7. The summed E-state index contributed by atoms with van der Waals surface area (Å²) in [5.74, 6) is -0.654. The van der Waals surface area contributed by atoms with Crippen LogP contribution in [0, 0.1) is 6.92 Å². The number of nitrogens with zero attached hydrogens (tertiary/aromatic N) is 3. The van der Waals surface area contributed by atoms with Gasteiger partial charge >= 0.3 is 5.91 Å². The van der Waals surface area contributed by atoms with E-state index in [2.05, 4.69) is 10.2 Å². The lowest BCUT2D eigenvalue weighted by Crippen LogP contribution is -2.29. The smallest absolute Gasteiger partial charge is 0.301 e. The third-order valence-corrected chi connectivity index (χ3v) is 9.45. The van der Waals surface area contributed by atoms with Gasteiger partial charge in [0.25, 0.3) is 5.78 Å². The number of aromatic nitrogens is 2. The highest BCUT2D eigenvalue weighted by Crippen LogP contribution is 2.44. The molecular formula is C34H26ClN3O4S2. The molecule has 0 aliphatic carbocycles. The van der Waals surface area contributed by atoms with E-state index in [9.17, 15) is 14.7 Å². The van der Waals surface area contributed by atoms with Crippen molar-refractivity contribution in [3.05, 3.63) is 142 Å². The molecule has 0 spiro atoms. The zero-order valence-electron chi connectivity index (χ0n) is 23.5. The Morgan fingerprint density at radius 1 is 0.932 bits per heavy atom. The maximum atomic E-state index is 13.6. The highest BCUT2D eigenvalue weighted by Gasteiger charge is 2.48. The van der Waals surface area contributed by atoms with Crippen LogP contribution in [-0.2, 0) is 21.9 Å². The number of amides is 1. The van der Waals surface area contributed by atoms with Crippen LogP contribution >= 0.6 is 34.7 Å². The number of halogens is 1. The number of Topliss-reactive ketones (excluding diaryl/α,β-unsaturated/α-hetero) is 1. The minimum absolute atomic E-state index is 0.0235. The van der Waals surface area contributed by atoms with Crippen LogP contribution in [0.4, 0.5) is 5.13 Å². The maximum absolute atomic E-state index is 13.6. The summed E-state index contributed by atoms with van der Waals surface area (Å²) in [5.41, 5.74) is 4.06. The number of carbonyl (C=O) groups excluding carboxylic acids is 2. The predicted molar refractivity (Wildman–Crippen MR) is 174 cm³/mol. The molecule has 1 N–H and O–H groups in total. The minimum atomic E-state index is -0.946. The topological polar surface area (TPSA) is 92.6 Å². The van der Waals surface area contributed by atoms with Crippen LogP contribution in [-0.4, -0.2) is 27.0 Å². The molecule has 1 unspecified atom stereocenters. The van der Waals surface area contributed by atoms with Crippen molar-refractivity contribution in [1.29, 1.82) is 0 Å². The molecule has 0 bridgehead atoms. The lowest BCUT2D eigenvalue weighted by Gasteiger charge is -2.23. The molecule has 220 valence electrons. The van der Waals surface area contributed by atoms with Gasteiger partial charge in [0.15, 0.2) is 4.34 Å². The molecule has 10 heteroatoms. The number of hydrogen-bond donors (Lipinski definition) is 1. The lowest BCUT2D eigenvalue weighted by atomic mass is 9.95. The fourth-order valence-corrected chi connectivity index (χ4v) is 6.76. The Hall–Kier alpha value is -4.44. The Morgan fingerprint density at radius 2 is 1.68 bits per heavy atom. The summed E-state index contributed by atoms with van der Waals surface area (Å²) in [6.07, 6.45) is 0. The van der Waals surface area contributed by atoms with Crippen LogP contribution in [0.15, 0.2) is 113 Å². The quantitative estimate of drug-likeness (QED) is 0.0574. The first-order valence-corrected chi connectivity index (χ1v) is 15.9. The predicted octanol–water partition coefficient (Wildman–Crippen LogP) is 8.00. The molecular weight excluding hydrogens is 614 g/mol. The summed E-state index contributed by atoms with van der Waals surface area (Å²) in [6.45, 7) is 2.28. The van der Waals surface area contributed by atoms with Crippen molar-refractivity contribution in [3.63, 3.8) is 0 Å². The molecule has 44 heavy (non-hydrogen) atoms. The Morgan fingerprint density at radius 3 is 2.43 bits per heavy atom. The van der Waals surface area contributed by atoms with Crippen LogP contribution in [0.3, 0.4) is 0 Å². The summed E-state index contributed by atoms with van der Waals surface area (Å²) in [7, 11) is 0. The number of anilines is 1. The van der Waals surface area contributed by atoms with Gasteiger partial charge in [0.2, 0.25) is 5.13 Å². The van der Waals surface area contributed by atoms with E-state index < -0.39 is 17.7 Å². The van der Waals surface area contributed by atoms with Gasteiger partial charge in [-0.05, 0) is 47.9 Å². The molecule has 1 atom stereocenters. The third-order valence-electron chi connectivity index (χ3n) is 7.07. The monoisotopic (exact) mass is 639 g/mol. The van der Waals surface area contributed by atoms with Gasteiger partial charge in [-0.3, -0.25) is 14.5 Å². The number of aliphatic hydroxyl groups is 1. The molecule has 1 amide bonds. The summed E-state index contributed by atoms with van der Waals surface area (Å²) < 4.78 is 6.70. The van der Waals surface area contributed by atoms with Crippen molar-refractivity contribution < 1.29 is 19.4 Å². The van der Waals surface area contributed by atoms with E-state index in [-0.39, 0.29) is 16.5 Å². The maximum Gasteiger partial charge on any atom is 0.301 e. The Labute approximate surface area is 267 Å². The third kappa shape index (κ3) is 6.40. The van der Waals surface area contributed by atoms with Crippen LogP contribution in [0.25, 0.3) is 5.76 Å². The largest absolute Gasteiger partial charge is 0.507 e. The lowest BCUT2D eigenvalue weighted by molar-refractivity contribution is -0.132. The van der Waals surface area contributed by atoms with Crippen LogP contribution in [0.2, 0.25) is 5.02 Å². The standard InChI is InChI=1S/C34H26ClN3O4S2/c1-21-10-14-24(15-11-21)30(39)28-29(25-8-5-9-27(18-25)42-19-22-6-3-2-4-7-22)38(32(41)31(28)40)33-36-37-34(44-33)43-20-23-12-16-26(35)17-13-23/h2-18,29,39H,19-20H2,1H3. The number of ether oxygens (including phenoxy) is 1. The van der Waals surface area contributed by atoms with Gasteiger partial charge < -0.3 is 9.84 Å². The molecule has 1 fully saturated rings. The average Bonchev–Trinajstić information content (AvgIpc) is 3.62. The van der Waals surface area contributed by atoms with Gasteiger partial charge in [0.05, 0.1) is 11.6 Å². The molecule has 4 aromatic carbocycles. The van der Waals surface area contributed by atoms with E-state index in [0.717, 1.165) is 16.7 Å². The number of aliphatic hydroxyl groups excluding tert-OH is 1. The number of rotatable bonds is 9. The zero-order valence-corrected chi connectivity index (χ0v) is 25.9. The van der Waals surface area contributed by atoms with Gasteiger partial charge in [0, 0.05) is 16.3 Å². The van der Waals surface area contributed by atoms with Crippen molar-refractivity contribution in [2.75, 3.05) is 4.90 Å². The second-order valence-electron chi connectivity index (χ2n) is 10.1. The molecule has 1 aliphatic heterocycles. The molecule has 7 nitrogen and oxygen atoms in total. The van der Waals surface area contributed by atoms with Crippen molar-refractivity contribution in [2.24, 2.45) is 0 Å². The van der Waals surface area contributed by atoms with Gasteiger partial charge in [-0.1, -0.05) is 119 Å². The first-order chi connectivity index (χ1) is 21.4. The SMILES string of the molecule is Cc1ccc(C(O)=C2C(=O)C(=O)N(c3nnc(SCc4ccc(Cl)cc4)s3)C2c2cccc(OCc3ccccc3)c2)cc1. The number of carbonyl (C=O) groups is 2. The normalized spacial score (nSPS) is 16.0. The number of thioether (sulfide) groups is 1. The van der Waals surface area contributed by atoms with E-state index in [4.69, 9.17) is 16.3 Å². The number of benzene rings is 4. The van der Waals surface area contributed by atoms with Gasteiger partial charge in [-0.15, -0.1) is 10.2 Å². The highest BCUT2D eigenvalue weighted by atomic mass is 35.5. The highest BCUT2D eigenvalue weighted by molar-refractivity contribution is 8.00. The van der Waals surface area contributed by atoms with Gasteiger partial charge in [0.1, 0.15) is 18.1 Å². The molecule has 1 aliphatic rings. The van der Waals surface area contributed by atoms with Crippen molar-refractivity contribution in [2.45, 2.75) is 29.7 Å². The molecule has 1 saturated heterocycles. The fraction of sp³-hybridized carbons (Fsp3) is 0.118. The Bertz CT molecular complexity index is 1840. The first kappa shape index (κ1) is 29.6. The Kier molecular flexibility index (Phi) is 8.79. The van der Waals surface area contributed by atoms with Crippen molar-refractivity contribution in [3.8, 4) is 5.75 Å². The summed E-state index contributed by atoms with van der Waals surface area (Å²) >= 11 is 8.69. The molecule has 5 aromatic rings. The average molecular weight is 640 g/mol. The second kappa shape index (κ2) is 13.1. The van der Waals surface area contributed by atoms with Crippen molar-refractivity contribution >= 4 is 57.3 Å². The van der Waals surface area contributed by atoms with E-state index in [0.29, 0.717) is 38.6 Å².